The number of hydrogen-bond acceptors (Lipinski definition) is 3. The fourth-order valence-electron chi connectivity index (χ4n) is 6.75. The van der Waals surface area contributed by atoms with Crippen LogP contribution in [0.5, 0.6) is 0 Å². The molecule has 0 unspecified atom stereocenters. The lowest BCUT2D eigenvalue weighted by molar-refractivity contribution is 0.347. The highest BCUT2D eigenvalue weighted by molar-refractivity contribution is 7.67. The van der Waals surface area contributed by atoms with Crippen LogP contribution in [0.25, 0.3) is 43.8 Å². The average Bonchev–Trinajstić information content (AvgIpc) is 2.92. The fourth-order valence-corrected chi connectivity index (χ4v) is 7.56. The summed E-state index contributed by atoms with van der Waals surface area (Å²) in [7, 11) is -4.43. The predicted molar refractivity (Wildman–Crippen MR) is 205 cm³/mol. The second-order valence-electron chi connectivity index (χ2n) is 17.6. The lowest BCUT2D eigenvalue weighted by atomic mass is 9.75. The molecule has 47 heavy (non-hydrogen) atoms. The molecule has 0 saturated carbocycles. The van der Waals surface area contributed by atoms with Crippen molar-refractivity contribution in [1.82, 2.24) is 0 Å². The zero-order chi connectivity index (χ0) is 35.1. The summed E-state index contributed by atoms with van der Waals surface area (Å²) >= 11 is 0. The van der Waals surface area contributed by atoms with Crippen LogP contribution in [0.3, 0.4) is 0 Å². The summed E-state index contributed by atoms with van der Waals surface area (Å²) in [5.41, 5.74) is 8.92. The van der Waals surface area contributed by atoms with Gasteiger partial charge in [0.05, 0.1) is 0 Å². The van der Waals surface area contributed by atoms with Crippen LogP contribution in [0.2, 0.25) is 0 Å². The summed E-state index contributed by atoms with van der Waals surface area (Å²) in [6.45, 7) is 28.8. The Hall–Kier alpha value is -3.07. The molecule has 4 heteroatoms. The third kappa shape index (κ3) is 6.92. The minimum atomic E-state index is -4.43. The molecule has 0 aromatic heterocycles. The number of aryl methyl sites for hydroxylation is 1. The van der Waals surface area contributed by atoms with Crippen LogP contribution < -0.4 is 5.30 Å². The first-order chi connectivity index (χ1) is 21.4. The van der Waals surface area contributed by atoms with E-state index in [0.29, 0.717) is 5.56 Å². The molecule has 0 aliphatic rings. The van der Waals surface area contributed by atoms with Gasteiger partial charge in [-0.1, -0.05) is 126 Å². The van der Waals surface area contributed by atoms with Gasteiger partial charge in [0.1, 0.15) is 0 Å². The van der Waals surface area contributed by atoms with Crippen LogP contribution in [0.4, 0.5) is 0 Å². The lowest BCUT2D eigenvalue weighted by Crippen LogP contribution is -2.20. The molecule has 5 aromatic rings. The first kappa shape index (κ1) is 35.2. The lowest BCUT2D eigenvalue weighted by Gasteiger charge is -2.30. The highest BCUT2D eigenvalue weighted by atomic mass is 31.2. The minimum Gasteiger partial charge on any atom is -0.189 e. The summed E-state index contributed by atoms with van der Waals surface area (Å²) in [5, 5.41) is 4.71. The van der Waals surface area contributed by atoms with E-state index in [1.807, 2.05) is 6.07 Å². The number of fused-ring (bicyclic) bond motifs is 2. The van der Waals surface area contributed by atoms with Crippen molar-refractivity contribution in [3.63, 3.8) is 0 Å². The Balaban J connectivity index is 1.96. The van der Waals surface area contributed by atoms with Crippen LogP contribution in [0.15, 0.2) is 72.8 Å². The highest BCUT2D eigenvalue weighted by Gasteiger charge is 2.41. The Labute approximate surface area is 283 Å². The molecule has 0 aliphatic heterocycles. The number of benzene rings is 5. The minimum absolute atomic E-state index is 0.00741. The van der Waals surface area contributed by atoms with Crippen molar-refractivity contribution in [2.75, 3.05) is 0 Å². The van der Waals surface area contributed by atoms with E-state index < -0.39 is 7.94 Å². The van der Waals surface area contributed by atoms with Gasteiger partial charge in [0.15, 0.2) is 5.30 Å². The molecule has 5 rings (SSSR count). The third-order valence-corrected chi connectivity index (χ3v) is 10.6. The molecule has 0 aliphatic carbocycles. The van der Waals surface area contributed by atoms with Gasteiger partial charge in [-0.3, -0.25) is 0 Å². The second kappa shape index (κ2) is 11.5. The molecule has 3 N–H and O–H groups in total. The van der Waals surface area contributed by atoms with Gasteiger partial charge in [-0.15, -0.1) is 0 Å². The molecule has 0 radical (unpaired) electrons. The molecule has 3 nitrogen and oxygen atoms in total. The van der Waals surface area contributed by atoms with Crippen molar-refractivity contribution in [2.45, 2.75) is 112 Å². The first-order valence-electron chi connectivity index (χ1n) is 16.8. The fraction of sp³-hybridized carbons (Fsp3) is 0.395. The smallest absolute Gasteiger partial charge is 0.189 e. The van der Waals surface area contributed by atoms with Gasteiger partial charge < -0.3 is 0 Å². The van der Waals surface area contributed by atoms with Crippen LogP contribution in [-0.4, -0.2) is 14.7 Å². The van der Waals surface area contributed by atoms with E-state index in [9.17, 15) is 14.7 Å². The third-order valence-electron chi connectivity index (χ3n) is 9.55. The van der Waals surface area contributed by atoms with Gasteiger partial charge in [0.2, 0.25) is 0 Å². The quantitative estimate of drug-likeness (QED) is 0.170. The standard InChI is InChI=1S/C43H54O3P/c1-26-14-19-37(47(44,45)46)39(34-23-28-16-18-32(41(5,6)7)21-30(28)25-36(34)43(11,12)13)38(26)33-22-27-15-17-31(40(2,3)4)20-29(27)24-35(33)42(8,9)10/h14-25,44-46H,1-13H3/q+1. The van der Waals surface area contributed by atoms with Crippen molar-refractivity contribution in [2.24, 2.45) is 0 Å². The Bertz CT molecular complexity index is 2000. The summed E-state index contributed by atoms with van der Waals surface area (Å²) in [5.74, 6) is 0. The van der Waals surface area contributed by atoms with Crippen LogP contribution in [0.1, 0.15) is 111 Å². The Kier molecular flexibility index (Phi) is 8.64. The average molecular weight is 650 g/mol. The van der Waals surface area contributed by atoms with Crippen molar-refractivity contribution in [3.05, 3.63) is 101 Å². The molecule has 0 spiro atoms. The summed E-state index contributed by atoms with van der Waals surface area (Å²) < 4.78 is 0. The van der Waals surface area contributed by atoms with Gasteiger partial charge in [0, 0.05) is 5.56 Å². The Morgan fingerprint density at radius 1 is 0.426 bits per heavy atom. The van der Waals surface area contributed by atoms with Gasteiger partial charge in [-0.05, 0) is 125 Å². The maximum absolute atomic E-state index is 11.1. The SMILES string of the molecule is Cc1ccc([P+](O)(O)O)c(-c2cc3ccc(C(C)(C)C)cc3cc2C(C)(C)C)c1-c1cc2ccc(C(C)(C)C)cc2cc1C(C)(C)C. The maximum Gasteiger partial charge on any atom is 0.441 e. The molecule has 0 saturated heterocycles. The number of hydrogen-bond donors (Lipinski definition) is 3. The molecule has 0 bridgehead atoms. The van der Waals surface area contributed by atoms with Crippen LogP contribution in [-0.2, 0) is 21.7 Å². The molecular formula is C43H54O3P+. The highest BCUT2D eigenvalue weighted by Crippen LogP contribution is 2.52. The topological polar surface area (TPSA) is 60.7 Å². The van der Waals surface area contributed by atoms with E-state index in [2.05, 4.69) is 151 Å². The van der Waals surface area contributed by atoms with E-state index in [4.69, 9.17) is 0 Å². The Morgan fingerprint density at radius 2 is 0.830 bits per heavy atom. The van der Waals surface area contributed by atoms with E-state index in [1.54, 1.807) is 6.07 Å². The molecule has 0 fully saturated rings. The normalized spacial score (nSPS) is 13.5. The van der Waals surface area contributed by atoms with Gasteiger partial charge >= 0.3 is 7.94 Å². The molecule has 5 aromatic carbocycles. The summed E-state index contributed by atoms with van der Waals surface area (Å²) in [4.78, 5) is 33.2. The van der Waals surface area contributed by atoms with Crippen molar-refractivity contribution < 1.29 is 14.7 Å². The molecule has 248 valence electrons. The van der Waals surface area contributed by atoms with E-state index in [1.165, 1.54) is 22.1 Å². The van der Waals surface area contributed by atoms with Gasteiger partial charge in [0.25, 0.3) is 0 Å². The van der Waals surface area contributed by atoms with Gasteiger partial charge in [-0.25, -0.2) is 0 Å². The molecule has 0 amide bonds. The summed E-state index contributed by atoms with van der Waals surface area (Å²) in [6, 6.07) is 26.0. The van der Waals surface area contributed by atoms with E-state index >= 15 is 0 Å². The largest absolute Gasteiger partial charge is 0.441 e. The second-order valence-corrected chi connectivity index (χ2v) is 19.3. The number of rotatable bonds is 3. The maximum atomic E-state index is 11.1. The monoisotopic (exact) mass is 649 g/mol. The van der Waals surface area contributed by atoms with Crippen LogP contribution >= 0.6 is 7.94 Å². The van der Waals surface area contributed by atoms with Crippen LogP contribution in [0, 0.1) is 6.92 Å². The van der Waals surface area contributed by atoms with Gasteiger partial charge in [-0.2, -0.15) is 14.7 Å². The van der Waals surface area contributed by atoms with E-state index in [0.717, 1.165) is 44.0 Å². The zero-order valence-corrected chi connectivity index (χ0v) is 31.6. The zero-order valence-electron chi connectivity index (χ0n) is 30.7. The molecule has 0 heterocycles. The summed E-state index contributed by atoms with van der Waals surface area (Å²) in [6.07, 6.45) is 0. The molecule has 0 atom stereocenters. The first-order valence-corrected chi connectivity index (χ1v) is 18.4. The predicted octanol–water partition coefficient (Wildman–Crippen LogP) is 11.2. The van der Waals surface area contributed by atoms with Crippen molar-refractivity contribution >= 4 is 34.8 Å². The van der Waals surface area contributed by atoms with Crippen molar-refractivity contribution in [1.29, 1.82) is 0 Å². The van der Waals surface area contributed by atoms with E-state index in [-0.39, 0.29) is 27.0 Å². The molecular weight excluding hydrogens is 595 g/mol. The Morgan fingerprint density at radius 3 is 1.19 bits per heavy atom. The van der Waals surface area contributed by atoms with Crippen molar-refractivity contribution in [3.8, 4) is 22.3 Å².